The zero-order valence-corrected chi connectivity index (χ0v) is 11.6. The van der Waals surface area contributed by atoms with E-state index in [0.29, 0.717) is 16.8 Å². The summed E-state index contributed by atoms with van der Waals surface area (Å²) in [6.45, 7) is 1.86. The second-order valence-corrected chi connectivity index (χ2v) is 5.48. The molecule has 2 heterocycles. The molecular weight excluding hydrogens is 287 g/mol. The Kier molecular flexibility index (Phi) is 2.87. The first-order chi connectivity index (χ1) is 8.99. The van der Waals surface area contributed by atoms with Crippen LogP contribution in [0.2, 0.25) is 5.02 Å². The monoisotopic (exact) mass is 296 g/mol. The summed E-state index contributed by atoms with van der Waals surface area (Å²) >= 11 is 11.6. The molecule has 0 atom stereocenters. The Morgan fingerprint density at radius 3 is 2.74 bits per heavy atom. The fourth-order valence-corrected chi connectivity index (χ4v) is 2.79. The normalized spacial score (nSPS) is 14.9. The molecule has 0 radical (unpaired) electrons. The summed E-state index contributed by atoms with van der Waals surface area (Å²) < 4.78 is 0. The first-order valence-electron chi connectivity index (χ1n) is 5.92. The SMILES string of the molecule is Cc1cc2c(Cl)c(C(=O)Cl)c(=O)[nH]c2c(C2CC2)n1. The number of H-pyrrole nitrogens is 1. The topological polar surface area (TPSA) is 62.8 Å². The van der Waals surface area contributed by atoms with Crippen LogP contribution in [0.25, 0.3) is 10.9 Å². The Balaban J connectivity index is 2.44. The number of fused-ring (bicyclic) bond motifs is 1. The second-order valence-electron chi connectivity index (χ2n) is 4.76. The van der Waals surface area contributed by atoms with E-state index in [4.69, 9.17) is 23.2 Å². The van der Waals surface area contributed by atoms with Crippen molar-refractivity contribution in [3.8, 4) is 0 Å². The van der Waals surface area contributed by atoms with Crippen molar-refractivity contribution in [1.29, 1.82) is 0 Å². The van der Waals surface area contributed by atoms with Crippen LogP contribution in [-0.4, -0.2) is 15.2 Å². The maximum atomic E-state index is 11.9. The fourth-order valence-electron chi connectivity index (χ4n) is 2.24. The Morgan fingerprint density at radius 2 is 2.16 bits per heavy atom. The average molecular weight is 297 g/mol. The van der Waals surface area contributed by atoms with Crippen molar-refractivity contribution < 1.29 is 4.79 Å². The minimum absolute atomic E-state index is 0.103. The van der Waals surface area contributed by atoms with Crippen LogP contribution >= 0.6 is 23.2 Å². The molecule has 1 saturated carbocycles. The number of aryl methyl sites for hydroxylation is 1. The molecule has 1 aliphatic carbocycles. The highest BCUT2D eigenvalue weighted by atomic mass is 35.5. The summed E-state index contributed by atoms with van der Waals surface area (Å²) in [5.74, 6) is 0.367. The van der Waals surface area contributed by atoms with E-state index in [9.17, 15) is 9.59 Å². The van der Waals surface area contributed by atoms with Gasteiger partial charge in [0.1, 0.15) is 5.56 Å². The third-order valence-electron chi connectivity index (χ3n) is 3.26. The summed E-state index contributed by atoms with van der Waals surface area (Å²) in [5.41, 5.74) is 1.50. The Labute approximate surface area is 118 Å². The van der Waals surface area contributed by atoms with Crippen LogP contribution in [-0.2, 0) is 0 Å². The zero-order valence-electron chi connectivity index (χ0n) is 10.1. The van der Waals surface area contributed by atoms with E-state index >= 15 is 0 Å². The van der Waals surface area contributed by atoms with Gasteiger partial charge in [0.15, 0.2) is 0 Å². The van der Waals surface area contributed by atoms with Gasteiger partial charge < -0.3 is 4.98 Å². The van der Waals surface area contributed by atoms with E-state index < -0.39 is 10.8 Å². The number of hydrogen-bond acceptors (Lipinski definition) is 3. The van der Waals surface area contributed by atoms with E-state index in [1.807, 2.05) is 6.92 Å². The molecule has 0 aromatic carbocycles. The number of rotatable bonds is 2. The lowest BCUT2D eigenvalue weighted by atomic mass is 10.1. The molecule has 4 nitrogen and oxygen atoms in total. The Bertz CT molecular complexity index is 763. The lowest BCUT2D eigenvalue weighted by Crippen LogP contribution is -2.17. The molecule has 2 aromatic rings. The van der Waals surface area contributed by atoms with Crippen LogP contribution in [0.15, 0.2) is 10.9 Å². The molecule has 0 saturated heterocycles. The largest absolute Gasteiger partial charge is 0.320 e. The lowest BCUT2D eigenvalue weighted by Gasteiger charge is -2.09. The van der Waals surface area contributed by atoms with Gasteiger partial charge in [-0.05, 0) is 37.4 Å². The molecule has 1 fully saturated rings. The number of nitrogens with zero attached hydrogens (tertiary/aromatic N) is 1. The molecule has 3 rings (SSSR count). The second kappa shape index (κ2) is 4.32. The Hall–Kier alpha value is -1.39. The number of nitrogens with one attached hydrogen (secondary N) is 1. The molecule has 98 valence electrons. The summed E-state index contributed by atoms with van der Waals surface area (Å²) in [7, 11) is 0. The van der Waals surface area contributed by atoms with Gasteiger partial charge in [-0.2, -0.15) is 0 Å². The van der Waals surface area contributed by atoms with Crippen molar-refractivity contribution in [2.24, 2.45) is 0 Å². The first-order valence-corrected chi connectivity index (χ1v) is 6.67. The summed E-state index contributed by atoms with van der Waals surface area (Å²) in [6.07, 6.45) is 2.11. The van der Waals surface area contributed by atoms with Crippen molar-refractivity contribution in [2.45, 2.75) is 25.7 Å². The van der Waals surface area contributed by atoms with E-state index in [2.05, 4.69) is 9.97 Å². The van der Waals surface area contributed by atoms with Crippen molar-refractivity contribution in [2.75, 3.05) is 0 Å². The lowest BCUT2D eigenvalue weighted by molar-refractivity contribution is 0.108. The third-order valence-corrected chi connectivity index (χ3v) is 3.84. The van der Waals surface area contributed by atoms with Gasteiger partial charge in [-0.25, -0.2) is 0 Å². The van der Waals surface area contributed by atoms with Crippen molar-refractivity contribution in [3.05, 3.63) is 38.4 Å². The number of hydrogen-bond donors (Lipinski definition) is 1. The number of carbonyl (C=O) groups excluding carboxylic acids is 1. The van der Waals surface area contributed by atoms with Crippen LogP contribution in [0.3, 0.4) is 0 Å². The number of aromatic amines is 1. The van der Waals surface area contributed by atoms with Gasteiger partial charge in [0.2, 0.25) is 0 Å². The number of pyridine rings is 2. The van der Waals surface area contributed by atoms with Crippen LogP contribution in [0.1, 0.15) is 40.5 Å². The van der Waals surface area contributed by atoms with E-state index in [1.54, 1.807) is 6.07 Å². The van der Waals surface area contributed by atoms with Gasteiger partial charge in [-0.3, -0.25) is 14.6 Å². The fraction of sp³-hybridized carbons (Fsp3) is 0.308. The predicted octanol–water partition coefficient (Wildman–Crippen LogP) is 3.14. The molecule has 19 heavy (non-hydrogen) atoms. The van der Waals surface area contributed by atoms with Crippen molar-refractivity contribution in [1.82, 2.24) is 9.97 Å². The predicted molar refractivity (Wildman–Crippen MR) is 74.3 cm³/mol. The molecule has 0 unspecified atom stereocenters. The van der Waals surface area contributed by atoms with Crippen LogP contribution in [0.5, 0.6) is 0 Å². The van der Waals surface area contributed by atoms with Crippen LogP contribution in [0.4, 0.5) is 0 Å². The Morgan fingerprint density at radius 1 is 1.47 bits per heavy atom. The standard InChI is InChI=1S/C13H10Cl2N2O2/c1-5-4-7-9(14)8(12(15)18)13(19)17-11(7)10(16-5)6-2-3-6/h4,6H,2-3H2,1H3,(H,17,19). The third kappa shape index (κ3) is 2.05. The zero-order chi connectivity index (χ0) is 13.7. The number of aromatic nitrogens is 2. The molecular formula is C13H10Cl2N2O2. The van der Waals surface area contributed by atoms with Crippen molar-refractivity contribution in [3.63, 3.8) is 0 Å². The van der Waals surface area contributed by atoms with E-state index in [1.165, 1.54) is 0 Å². The first kappa shape index (κ1) is 12.6. The molecule has 0 amide bonds. The maximum absolute atomic E-state index is 11.9. The molecule has 1 N–H and O–H groups in total. The van der Waals surface area contributed by atoms with Crippen LogP contribution < -0.4 is 5.56 Å². The molecule has 1 aliphatic rings. The smallest absolute Gasteiger partial charge is 0.262 e. The maximum Gasteiger partial charge on any atom is 0.262 e. The van der Waals surface area contributed by atoms with E-state index in [0.717, 1.165) is 24.2 Å². The van der Waals surface area contributed by atoms with Crippen LogP contribution in [0, 0.1) is 6.92 Å². The van der Waals surface area contributed by atoms with Gasteiger partial charge in [-0.15, -0.1) is 0 Å². The molecule has 6 heteroatoms. The molecule has 0 aliphatic heterocycles. The molecule has 0 bridgehead atoms. The molecule has 0 spiro atoms. The highest BCUT2D eigenvalue weighted by Crippen LogP contribution is 2.42. The van der Waals surface area contributed by atoms with Crippen molar-refractivity contribution >= 4 is 39.3 Å². The average Bonchev–Trinajstić information content (AvgIpc) is 3.13. The van der Waals surface area contributed by atoms with Gasteiger partial charge in [0.25, 0.3) is 10.8 Å². The number of halogens is 2. The summed E-state index contributed by atoms with van der Waals surface area (Å²) in [4.78, 5) is 30.4. The van der Waals surface area contributed by atoms with Gasteiger partial charge >= 0.3 is 0 Å². The highest BCUT2D eigenvalue weighted by Gasteiger charge is 2.29. The minimum Gasteiger partial charge on any atom is -0.320 e. The van der Waals surface area contributed by atoms with E-state index in [-0.39, 0.29) is 10.6 Å². The van der Waals surface area contributed by atoms with Gasteiger partial charge in [-0.1, -0.05) is 11.6 Å². The summed E-state index contributed by atoms with van der Waals surface area (Å²) in [5, 5.41) is -0.124. The van der Waals surface area contributed by atoms with Gasteiger partial charge in [0, 0.05) is 17.0 Å². The minimum atomic E-state index is -0.851. The molecule has 2 aromatic heterocycles. The summed E-state index contributed by atoms with van der Waals surface area (Å²) in [6, 6.07) is 1.75. The quantitative estimate of drug-likeness (QED) is 0.866. The highest BCUT2D eigenvalue weighted by molar-refractivity contribution is 6.69. The van der Waals surface area contributed by atoms with Gasteiger partial charge in [0.05, 0.1) is 16.2 Å². The number of carbonyl (C=O) groups is 1.